The fourth-order valence-corrected chi connectivity index (χ4v) is 4.46. The number of aromatic amines is 1. The van der Waals surface area contributed by atoms with Crippen LogP contribution in [-0.4, -0.2) is 21.2 Å². The maximum Gasteiger partial charge on any atom is 0.260 e. The van der Waals surface area contributed by atoms with Gasteiger partial charge in [-0.15, -0.1) is 0 Å². The van der Waals surface area contributed by atoms with Crippen LogP contribution < -0.4 is 10.9 Å². The van der Waals surface area contributed by atoms with Gasteiger partial charge in [-0.25, -0.2) is 0 Å². The van der Waals surface area contributed by atoms with Crippen LogP contribution in [0.4, 0.5) is 0 Å². The summed E-state index contributed by atoms with van der Waals surface area (Å²) < 4.78 is 1.95. The van der Waals surface area contributed by atoms with Gasteiger partial charge in [0.05, 0.1) is 11.6 Å². The zero-order chi connectivity index (χ0) is 18.8. The van der Waals surface area contributed by atoms with E-state index in [9.17, 15) is 9.90 Å². The molecule has 2 aliphatic rings. The molecule has 2 aromatic rings. The molecule has 0 saturated heterocycles. The standard InChI is InChI=1S/C21H25N3O2S/c25-19-17(18-16-9-5-4-8-15(16)10-12-22-18)20(26)24(21(27)23-19)13-11-14-6-2-1-3-7-14/h4-6,8-9,18,22,26H,1-3,7,10-13H2,(H,23,25,27). The molecule has 142 valence electrons. The van der Waals surface area contributed by atoms with Crippen LogP contribution in [0.3, 0.4) is 0 Å². The average molecular weight is 384 g/mol. The number of benzene rings is 1. The van der Waals surface area contributed by atoms with E-state index in [4.69, 9.17) is 12.2 Å². The first-order chi connectivity index (χ1) is 13.1. The number of nitrogens with zero attached hydrogens (tertiary/aromatic N) is 1. The molecule has 1 aromatic heterocycles. The summed E-state index contributed by atoms with van der Waals surface area (Å²) in [6.07, 6.45) is 8.79. The lowest BCUT2D eigenvalue weighted by Crippen LogP contribution is -2.35. The molecule has 1 aliphatic carbocycles. The largest absolute Gasteiger partial charge is 0.494 e. The summed E-state index contributed by atoms with van der Waals surface area (Å²) in [6.45, 7) is 1.34. The van der Waals surface area contributed by atoms with Gasteiger partial charge < -0.3 is 10.4 Å². The van der Waals surface area contributed by atoms with Crippen LogP contribution in [0.5, 0.6) is 5.88 Å². The molecule has 0 spiro atoms. The second-order valence-corrected chi connectivity index (χ2v) is 7.73. The van der Waals surface area contributed by atoms with Crippen molar-refractivity contribution in [3.8, 4) is 5.88 Å². The van der Waals surface area contributed by atoms with Crippen molar-refractivity contribution < 1.29 is 5.11 Å². The van der Waals surface area contributed by atoms with Gasteiger partial charge in [0.25, 0.3) is 5.56 Å². The molecule has 27 heavy (non-hydrogen) atoms. The Balaban J connectivity index is 1.71. The highest BCUT2D eigenvalue weighted by atomic mass is 32.1. The van der Waals surface area contributed by atoms with E-state index < -0.39 is 0 Å². The number of hydrogen-bond acceptors (Lipinski definition) is 4. The second-order valence-electron chi connectivity index (χ2n) is 7.34. The summed E-state index contributed by atoms with van der Waals surface area (Å²) in [6, 6.07) is 7.75. The van der Waals surface area contributed by atoms with Crippen molar-refractivity contribution in [2.24, 2.45) is 0 Å². The van der Waals surface area contributed by atoms with Gasteiger partial charge in [-0.2, -0.15) is 0 Å². The Kier molecular flexibility index (Phi) is 5.27. The Morgan fingerprint density at radius 3 is 2.89 bits per heavy atom. The van der Waals surface area contributed by atoms with Crippen LogP contribution >= 0.6 is 12.2 Å². The normalized spacial score (nSPS) is 19.4. The lowest BCUT2D eigenvalue weighted by molar-refractivity contribution is 0.385. The van der Waals surface area contributed by atoms with Gasteiger partial charge in [0.2, 0.25) is 5.88 Å². The van der Waals surface area contributed by atoms with Gasteiger partial charge >= 0.3 is 0 Å². The maximum absolute atomic E-state index is 12.7. The van der Waals surface area contributed by atoms with Crippen LogP contribution in [0.25, 0.3) is 0 Å². The summed E-state index contributed by atoms with van der Waals surface area (Å²) in [5, 5.41) is 14.4. The van der Waals surface area contributed by atoms with Crippen LogP contribution in [0, 0.1) is 4.77 Å². The third kappa shape index (κ3) is 3.64. The van der Waals surface area contributed by atoms with Crippen molar-refractivity contribution in [2.45, 2.75) is 51.1 Å². The topological polar surface area (TPSA) is 70.0 Å². The molecule has 0 fully saturated rings. The smallest absolute Gasteiger partial charge is 0.260 e. The van der Waals surface area contributed by atoms with Gasteiger partial charge in [0.15, 0.2) is 4.77 Å². The molecule has 5 nitrogen and oxygen atoms in total. The van der Waals surface area contributed by atoms with Crippen molar-refractivity contribution in [3.63, 3.8) is 0 Å². The van der Waals surface area contributed by atoms with Crippen LogP contribution in [0.1, 0.15) is 54.8 Å². The summed E-state index contributed by atoms with van der Waals surface area (Å²) >= 11 is 5.34. The minimum atomic E-state index is -0.325. The first-order valence-corrected chi connectivity index (χ1v) is 10.1. The molecule has 2 heterocycles. The minimum Gasteiger partial charge on any atom is -0.494 e. The first kappa shape index (κ1) is 18.2. The van der Waals surface area contributed by atoms with Crippen molar-refractivity contribution in [2.75, 3.05) is 6.54 Å². The molecule has 1 aliphatic heterocycles. The van der Waals surface area contributed by atoms with Crippen molar-refractivity contribution in [3.05, 3.63) is 67.7 Å². The Hall–Kier alpha value is -2.18. The fraction of sp³-hybridized carbons (Fsp3) is 0.429. The Morgan fingerprint density at radius 1 is 1.22 bits per heavy atom. The number of H-pyrrole nitrogens is 1. The average Bonchev–Trinajstić information content (AvgIpc) is 2.68. The van der Waals surface area contributed by atoms with Crippen molar-refractivity contribution in [1.82, 2.24) is 14.9 Å². The van der Waals surface area contributed by atoms with Crippen LogP contribution in [0.15, 0.2) is 40.7 Å². The van der Waals surface area contributed by atoms with Crippen LogP contribution in [0.2, 0.25) is 0 Å². The number of aromatic hydroxyl groups is 1. The first-order valence-electron chi connectivity index (χ1n) is 9.70. The SMILES string of the molecule is O=c1[nH]c(=S)n(CCC2=CCCCC2)c(O)c1C1NCCc2ccccc21. The highest BCUT2D eigenvalue weighted by molar-refractivity contribution is 7.71. The van der Waals surface area contributed by atoms with Gasteiger partial charge in [-0.05, 0) is 61.9 Å². The Labute approximate surface area is 163 Å². The molecule has 0 bridgehead atoms. The van der Waals surface area contributed by atoms with E-state index in [0.29, 0.717) is 12.1 Å². The molecule has 1 unspecified atom stereocenters. The van der Waals surface area contributed by atoms with E-state index in [0.717, 1.165) is 37.8 Å². The third-order valence-corrected chi connectivity index (χ3v) is 5.97. The summed E-state index contributed by atoms with van der Waals surface area (Å²) in [4.78, 5) is 15.4. The number of aromatic nitrogens is 2. The molecular weight excluding hydrogens is 358 g/mol. The number of nitrogens with one attached hydrogen (secondary N) is 2. The number of rotatable bonds is 4. The second kappa shape index (κ2) is 7.82. The molecule has 6 heteroatoms. The number of fused-ring (bicyclic) bond motifs is 1. The zero-order valence-corrected chi connectivity index (χ0v) is 16.1. The third-order valence-electron chi connectivity index (χ3n) is 5.65. The Morgan fingerprint density at radius 2 is 2.07 bits per heavy atom. The Bertz CT molecular complexity index is 990. The highest BCUT2D eigenvalue weighted by Crippen LogP contribution is 2.31. The van der Waals surface area contributed by atoms with E-state index in [-0.39, 0.29) is 22.3 Å². The zero-order valence-electron chi connectivity index (χ0n) is 15.3. The molecule has 1 aromatic carbocycles. The van der Waals surface area contributed by atoms with Gasteiger partial charge in [-0.3, -0.25) is 14.3 Å². The van der Waals surface area contributed by atoms with E-state index >= 15 is 0 Å². The van der Waals surface area contributed by atoms with Gasteiger partial charge in [-0.1, -0.05) is 35.9 Å². The van der Waals surface area contributed by atoms with E-state index in [2.05, 4.69) is 22.4 Å². The highest BCUT2D eigenvalue weighted by Gasteiger charge is 2.27. The predicted octanol–water partition coefficient (Wildman–Crippen LogP) is 3.74. The van der Waals surface area contributed by atoms with E-state index in [1.807, 2.05) is 18.2 Å². The maximum atomic E-state index is 12.7. The predicted molar refractivity (Wildman–Crippen MR) is 109 cm³/mol. The molecule has 0 amide bonds. The molecule has 3 N–H and O–H groups in total. The van der Waals surface area contributed by atoms with Crippen molar-refractivity contribution in [1.29, 1.82) is 0 Å². The summed E-state index contributed by atoms with van der Waals surface area (Å²) in [7, 11) is 0. The summed E-state index contributed by atoms with van der Waals surface area (Å²) in [5.74, 6) is -0.0191. The molecular formula is C21H25N3O2S. The quantitative estimate of drug-likeness (QED) is 0.556. The molecule has 4 rings (SSSR count). The number of hydrogen-bond donors (Lipinski definition) is 3. The van der Waals surface area contributed by atoms with Gasteiger partial charge in [0, 0.05) is 13.1 Å². The lowest BCUT2D eigenvalue weighted by Gasteiger charge is -2.27. The van der Waals surface area contributed by atoms with E-state index in [1.54, 1.807) is 4.57 Å². The minimum absolute atomic E-state index is 0.0191. The lowest BCUT2D eigenvalue weighted by atomic mass is 9.90. The number of allylic oxidation sites excluding steroid dienone is 2. The monoisotopic (exact) mass is 383 g/mol. The van der Waals surface area contributed by atoms with Crippen molar-refractivity contribution >= 4 is 12.2 Å². The molecule has 1 atom stereocenters. The fourth-order valence-electron chi connectivity index (χ4n) is 4.19. The molecule has 0 radical (unpaired) electrons. The van der Waals surface area contributed by atoms with Crippen LogP contribution in [-0.2, 0) is 13.0 Å². The van der Waals surface area contributed by atoms with Gasteiger partial charge in [0.1, 0.15) is 0 Å². The van der Waals surface area contributed by atoms with E-state index in [1.165, 1.54) is 24.0 Å². The summed E-state index contributed by atoms with van der Waals surface area (Å²) in [5.41, 5.74) is 3.70. The molecule has 0 saturated carbocycles.